The van der Waals surface area contributed by atoms with Crippen molar-refractivity contribution in [3.05, 3.63) is 35.4 Å². The fourth-order valence-corrected chi connectivity index (χ4v) is 3.16. The first kappa shape index (κ1) is 15.4. The second-order valence-electron chi connectivity index (χ2n) is 5.74. The lowest BCUT2D eigenvalue weighted by Crippen LogP contribution is -2.50. The number of ether oxygens (including phenoxy) is 1. The standard InChI is InChI=1S/C16H23F2NO/c1-20-16(8-4-2-3-5-9-16)15(19)11-12-6-7-13(17)14(18)10-12/h6-7,10,15H,2-5,8-9,11,19H2,1H3. The van der Waals surface area contributed by atoms with Crippen molar-refractivity contribution in [1.82, 2.24) is 0 Å². The number of nitrogens with two attached hydrogens (primary N) is 1. The maximum atomic E-state index is 13.3. The average Bonchev–Trinajstić information content (AvgIpc) is 2.69. The Bertz CT molecular complexity index is 442. The molecule has 0 radical (unpaired) electrons. The minimum absolute atomic E-state index is 0.199. The highest BCUT2D eigenvalue weighted by Gasteiger charge is 2.37. The van der Waals surface area contributed by atoms with E-state index < -0.39 is 11.6 Å². The van der Waals surface area contributed by atoms with Crippen molar-refractivity contribution in [2.75, 3.05) is 7.11 Å². The number of hydrogen-bond acceptors (Lipinski definition) is 2. The van der Waals surface area contributed by atoms with Gasteiger partial charge in [-0.3, -0.25) is 0 Å². The van der Waals surface area contributed by atoms with Gasteiger partial charge in [-0.05, 0) is 37.0 Å². The fourth-order valence-electron chi connectivity index (χ4n) is 3.16. The second kappa shape index (κ2) is 6.64. The van der Waals surface area contributed by atoms with Crippen molar-refractivity contribution < 1.29 is 13.5 Å². The zero-order valence-corrected chi connectivity index (χ0v) is 12.0. The van der Waals surface area contributed by atoms with E-state index in [-0.39, 0.29) is 11.6 Å². The summed E-state index contributed by atoms with van der Waals surface area (Å²) in [6.07, 6.45) is 7.03. The summed E-state index contributed by atoms with van der Waals surface area (Å²) in [5, 5.41) is 0. The van der Waals surface area contributed by atoms with E-state index in [2.05, 4.69) is 0 Å². The van der Waals surface area contributed by atoms with Crippen LogP contribution in [-0.4, -0.2) is 18.8 Å². The topological polar surface area (TPSA) is 35.2 Å². The van der Waals surface area contributed by atoms with Crippen LogP contribution in [0.15, 0.2) is 18.2 Å². The molecule has 0 heterocycles. The van der Waals surface area contributed by atoms with Crippen LogP contribution in [0.2, 0.25) is 0 Å². The van der Waals surface area contributed by atoms with Crippen LogP contribution in [-0.2, 0) is 11.2 Å². The highest BCUT2D eigenvalue weighted by Crippen LogP contribution is 2.33. The van der Waals surface area contributed by atoms with E-state index in [0.717, 1.165) is 37.3 Å². The quantitative estimate of drug-likeness (QED) is 0.857. The van der Waals surface area contributed by atoms with Crippen molar-refractivity contribution in [2.45, 2.75) is 56.6 Å². The third-order valence-corrected chi connectivity index (χ3v) is 4.47. The summed E-state index contributed by atoms with van der Waals surface area (Å²) in [6.45, 7) is 0. The monoisotopic (exact) mass is 283 g/mol. The molecular weight excluding hydrogens is 260 g/mol. The van der Waals surface area contributed by atoms with E-state index in [1.165, 1.54) is 18.9 Å². The Kier molecular flexibility index (Phi) is 5.11. The summed E-state index contributed by atoms with van der Waals surface area (Å²) in [5.41, 5.74) is 6.73. The summed E-state index contributed by atoms with van der Waals surface area (Å²) in [4.78, 5) is 0. The predicted octanol–water partition coefficient (Wildman–Crippen LogP) is 3.57. The highest BCUT2D eigenvalue weighted by molar-refractivity contribution is 5.19. The predicted molar refractivity (Wildman–Crippen MR) is 75.5 cm³/mol. The Balaban J connectivity index is 2.11. The normalized spacial score (nSPS) is 20.4. The Morgan fingerprint density at radius 1 is 1.15 bits per heavy atom. The molecule has 4 heteroatoms. The van der Waals surface area contributed by atoms with Gasteiger partial charge in [-0.1, -0.05) is 31.7 Å². The van der Waals surface area contributed by atoms with Crippen LogP contribution in [0.1, 0.15) is 44.1 Å². The van der Waals surface area contributed by atoms with E-state index >= 15 is 0 Å². The smallest absolute Gasteiger partial charge is 0.159 e. The molecule has 0 spiro atoms. The van der Waals surface area contributed by atoms with Gasteiger partial charge in [0.1, 0.15) is 0 Å². The molecule has 20 heavy (non-hydrogen) atoms. The number of benzene rings is 1. The number of rotatable bonds is 4. The molecule has 0 aliphatic heterocycles. The molecule has 1 aromatic rings. The first-order valence-electron chi connectivity index (χ1n) is 7.32. The third kappa shape index (κ3) is 3.36. The van der Waals surface area contributed by atoms with Crippen LogP contribution >= 0.6 is 0 Å². The molecule has 0 saturated heterocycles. The summed E-state index contributed by atoms with van der Waals surface area (Å²) < 4.78 is 32.0. The van der Waals surface area contributed by atoms with Crippen molar-refractivity contribution >= 4 is 0 Å². The lowest BCUT2D eigenvalue weighted by Gasteiger charge is -2.37. The molecule has 1 aliphatic rings. The van der Waals surface area contributed by atoms with Gasteiger partial charge in [0.05, 0.1) is 5.60 Å². The second-order valence-corrected chi connectivity index (χ2v) is 5.74. The maximum Gasteiger partial charge on any atom is 0.159 e. The summed E-state index contributed by atoms with van der Waals surface area (Å²) in [7, 11) is 1.70. The molecule has 1 aromatic carbocycles. The van der Waals surface area contributed by atoms with Crippen molar-refractivity contribution in [3.8, 4) is 0 Å². The van der Waals surface area contributed by atoms with Gasteiger partial charge in [-0.2, -0.15) is 0 Å². The van der Waals surface area contributed by atoms with Crippen LogP contribution in [0.25, 0.3) is 0 Å². The summed E-state index contributed by atoms with van der Waals surface area (Å²) >= 11 is 0. The van der Waals surface area contributed by atoms with Crippen molar-refractivity contribution in [3.63, 3.8) is 0 Å². The van der Waals surface area contributed by atoms with Gasteiger partial charge in [0.25, 0.3) is 0 Å². The van der Waals surface area contributed by atoms with Crippen LogP contribution in [0.5, 0.6) is 0 Å². The molecule has 0 aromatic heterocycles. The fraction of sp³-hybridized carbons (Fsp3) is 0.625. The van der Waals surface area contributed by atoms with Gasteiger partial charge in [0, 0.05) is 13.2 Å². The molecule has 2 nitrogen and oxygen atoms in total. The van der Waals surface area contributed by atoms with E-state index in [1.807, 2.05) is 0 Å². The van der Waals surface area contributed by atoms with E-state index in [1.54, 1.807) is 13.2 Å². The van der Waals surface area contributed by atoms with E-state index in [9.17, 15) is 8.78 Å². The SMILES string of the molecule is COC1(C(N)Cc2ccc(F)c(F)c2)CCCCCC1. The summed E-state index contributed by atoms with van der Waals surface area (Å²) in [5.74, 6) is -1.64. The first-order chi connectivity index (χ1) is 9.57. The van der Waals surface area contributed by atoms with Gasteiger partial charge in [0.2, 0.25) is 0 Å². The molecule has 1 saturated carbocycles. The molecule has 1 aliphatic carbocycles. The Morgan fingerprint density at radius 2 is 1.80 bits per heavy atom. The Hall–Kier alpha value is -1.00. The Morgan fingerprint density at radius 3 is 2.35 bits per heavy atom. The third-order valence-electron chi connectivity index (χ3n) is 4.47. The van der Waals surface area contributed by atoms with Crippen LogP contribution in [0, 0.1) is 11.6 Å². The van der Waals surface area contributed by atoms with Gasteiger partial charge in [0.15, 0.2) is 11.6 Å². The van der Waals surface area contributed by atoms with E-state index in [4.69, 9.17) is 10.5 Å². The van der Waals surface area contributed by atoms with Gasteiger partial charge >= 0.3 is 0 Å². The number of methoxy groups -OCH3 is 1. The minimum Gasteiger partial charge on any atom is -0.377 e. The molecular formula is C16H23F2NO. The van der Waals surface area contributed by atoms with Crippen LogP contribution < -0.4 is 5.73 Å². The van der Waals surface area contributed by atoms with Crippen LogP contribution in [0.4, 0.5) is 8.78 Å². The number of halogens is 2. The van der Waals surface area contributed by atoms with Crippen LogP contribution in [0.3, 0.4) is 0 Å². The molecule has 0 bridgehead atoms. The first-order valence-corrected chi connectivity index (χ1v) is 7.32. The van der Waals surface area contributed by atoms with Gasteiger partial charge in [-0.25, -0.2) is 8.78 Å². The van der Waals surface area contributed by atoms with E-state index in [0.29, 0.717) is 6.42 Å². The molecule has 1 unspecified atom stereocenters. The zero-order chi connectivity index (χ0) is 14.6. The molecule has 0 amide bonds. The highest BCUT2D eigenvalue weighted by atomic mass is 19.2. The average molecular weight is 283 g/mol. The van der Waals surface area contributed by atoms with Crippen molar-refractivity contribution in [2.24, 2.45) is 5.73 Å². The summed E-state index contributed by atoms with van der Waals surface area (Å²) in [6, 6.07) is 3.79. The molecule has 2 N–H and O–H groups in total. The number of hydrogen-bond donors (Lipinski definition) is 1. The molecule has 112 valence electrons. The largest absolute Gasteiger partial charge is 0.377 e. The molecule has 2 rings (SSSR count). The van der Waals surface area contributed by atoms with Crippen molar-refractivity contribution in [1.29, 1.82) is 0 Å². The lowest BCUT2D eigenvalue weighted by atomic mass is 9.83. The lowest BCUT2D eigenvalue weighted by molar-refractivity contribution is -0.0430. The van der Waals surface area contributed by atoms with Gasteiger partial charge < -0.3 is 10.5 Å². The Labute approximate surface area is 119 Å². The maximum absolute atomic E-state index is 13.3. The zero-order valence-electron chi connectivity index (χ0n) is 12.0. The van der Waals surface area contributed by atoms with Gasteiger partial charge in [-0.15, -0.1) is 0 Å². The molecule has 1 atom stereocenters. The molecule has 1 fully saturated rings. The minimum atomic E-state index is -0.821.